The Morgan fingerprint density at radius 2 is 1.75 bits per heavy atom. The summed E-state index contributed by atoms with van der Waals surface area (Å²) in [6.07, 6.45) is 3.54. The fourth-order valence-corrected chi connectivity index (χ4v) is 2.58. The zero-order valence-electron chi connectivity index (χ0n) is 13.2. The molecule has 0 spiro atoms. The molecule has 0 heterocycles. The first-order chi connectivity index (χ1) is 9.71. The maximum Gasteiger partial charge on any atom is 0.0406 e. The molecule has 0 saturated heterocycles. The van der Waals surface area contributed by atoms with E-state index in [-0.39, 0.29) is 0 Å². The van der Waals surface area contributed by atoms with Crippen LogP contribution < -0.4 is 5.32 Å². The minimum absolute atomic E-state index is 0.429. The highest BCUT2D eigenvalue weighted by atomic mass is 35.5. The molecule has 114 valence electrons. The standard InChI is InChI=1S/C17H29ClN2/c1-4-12-19-17(11-14-20(6-3)13-5-2)15-7-9-16(18)10-8-15/h7-10,17,19H,4-6,11-14H2,1-3H3. The lowest BCUT2D eigenvalue weighted by Gasteiger charge is -2.24. The molecule has 0 saturated carbocycles. The van der Waals surface area contributed by atoms with Gasteiger partial charge >= 0.3 is 0 Å². The highest BCUT2D eigenvalue weighted by molar-refractivity contribution is 6.30. The number of nitrogens with one attached hydrogen (secondary N) is 1. The molecule has 1 atom stereocenters. The summed E-state index contributed by atoms with van der Waals surface area (Å²) in [7, 11) is 0. The van der Waals surface area contributed by atoms with Crippen molar-refractivity contribution >= 4 is 11.6 Å². The van der Waals surface area contributed by atoms with Crippen LogP contribution in [-0.4, -0.2) is 31.1 Å². The molecule has 0 fully saturated rings. The molecule has 0 aliphatic carbocycles. The van der Waals surface area contributed by atoms with Crippen molar-refractivity contribution < 1.29 is 0 Å². The zero-order valence-corrected chi connectivity index (χ0v) is 13.9. The maximum absolute atomic E-state index is 5.98. The van der Waals surface area contributed by atoms with E-state index in [0.29, 0.717) is 6.04 Å². The van der Waals surface area contributed by atoms with Crippen molar-refractivity contribution in [3.8, 4) is 0 Å². The Bertz CT molecular complexity index is 351. The van der Waals surface area contributed by atoms with Crippen LogP contribution in [0.5, 0.6) is 0 Å². The van der Waals surface area contributed by atoms with E-state index >= 15 is 0 Å². The molecule has 1 N–H and O–H groups in total. The molecule has 1 unspecified atom stereocenters. The maximum atomic E-state index is 5.98. The Labute approximate surface area is 129 Å². The van der Waals surface area contributed by atoms with Gasteiger partial charge in [0.1, 0.15) is 0 Å². The Balaban J connectivity index is 2.61. The van der Waals surface area contributed by atoms with Gasteiger partial charge in [0.25, 0.3) is 0 Å². The van der Waals surface area contributed by atoms with Crippen LogP contribution in [0.15, 0.2) is 24.3 Å². The van der Waals surface area contributed by atoms with Gasteiger partial charge in [-0.2, -0.15) is 0 Å². The number of nitrogens with zero attached hydrogens (tertiary/aromatic N) is 1. The predicted molar refractivity (Wildman–Crippen MR) is 89.5 cm³/mol. The van der Waals surface area contributed by atoms with Gasteiger partial charge in [0.05, 0.1) is 0 Å². The monoisotopic (exact) mass is 296 g/mol. The summed E-state index contributed by atoms with van der Waals surface area (Å²) < 4.78 is 0. The summed E-state index contributed by atoms with van der Waals surface area (Å²) in [6, 6.07) is 8.69. The van der Waals surface area contributed by atoms with E-state index in [0.717, 1.165) is 37.5 Å². The summed E-state index contributed by atoms with van der Waals surface area (Å²) >= 11 is 5.98. The lowest BCUT2D eigenvalue weighted by Crippen LogP contribution is -2.30. The van der Waals surface area contributed by atoms with Crippen molar-refractivity contribution in [1.82, 2.24) is 10.2 Å². The molecule has 0 aliphatic heterocycles. The van der Waals surface area contributed by atoms with Crippen molar-refractivity contribution in [1.29, 1.82) is 0 Å². The smallest absolute Gasteiger partial charge is 0.0406 e. The van der Waals surface area contributed by atoms with Gasteiger partial charge in [-0.25, -0.2) is 0 Å². The quantitative estimate of drug-likeness (QED) is 0.684. The van der Waals surface area contributed by atoms with Crippen LogP contribution in [0.4, 0.5) is 0 Å². The summed E-state index contributed by atoms with van der Waals surface area (Å²) in [5, 5.41) is 4.47. The van der Waals surface area contributed by atoms with E-state index in [9.17, 15) is 0 Å². The lowest BCUT2D eigenvalue weighted by molar-refractivity contribution is 0.269. The number of hydrogen-bond acceptors (Lipinski definition) is 2. The fourth-order valence-electron chi connectivity index (χ4n) is 2.46. The topological polar surface area (TPSA) is 15.3 Å². The van der Waals surface area contributed by atoms with Gasteiger partial charge in [0, 0.05) is 11.1 Å². The molecule has 0 amide bonds. The highest BCUT2D eigenvalue weighted by Gasteiger charge is 2.12. The van der Waals surface area contributed by atoms with E-state index in [4.69, 9.17) is 11.6 Å². The number of halogens is 1. The van der Waals surface area contributed by atoms with E-state index in [1.807, 2.05) is 12.1 Å². The molecule has 3 heteroatoms. The predicted octanol–water partition coefficient (Wildman–Crippen LogP) is 4.50. The normalized spacial score (nSPS) is 12.8. The zero-order chi connectivity index (χ0) is 14.8. The molecule has 0 aliphatic rings. The third-order valence-corrected chi connectivity index (χ3v) is 3.89. The Morgan fingerprint density at radius 3 is 2.30 bits per heavy atom. The Morgan fingerprint density at radius 1 is 1.05 bits per heavy atom. The number of benzene rings is 1. The number of rotatable bonds is 10. The van der Waals surface area contributed by atoms with Crippen LogP contribution in [0, 0.1) is 0 Å². The fraction of sp³-hybridized carbons (Fsp3) is 0.647. The van der Waals surface area contributed by atoms with Gasteiger partial charge < -0.3 is 10.2 Å². The van der Waals surface area contributed by atoms with E-state index in [1.54, 1.807) is 0 Å². The minimum Gasteiger partial charge on any atom is -0.310 e. The second-order valence-corrected chi connectivity index (χ2v) is 5.72. The van der Waals surface area contributed by atoms with Crippen LogP contribution >= 0.6 is 11.6 Å². The number of hydrogen-bond donors (Lipinski definition) is 1. The van der Waals surface area contributed by atoms with E-state index < -0.39 is 0 Å². The molecule has 1 aromatic rings. The first kappa shape index (κ1) is 17.5. The second-order valence-electron chi connectivity index (χ2n) is 5.28. The van der Waals surface area contributed by atoms with Crippen LogP contribution in [0.1, 0.15) is 51.6 Å². The SMILES string of the molecule is CCCNC(CCN(CC)CCC)c1ccc(Cl)cc1. The molecule has 0 radical (unpaired) electrons. The molecular weight excluding hydrogens is 268 g/mol. The second kappa shape index (κ2) is 10.2. The van der Waals surface area contributed by atoms with Crippen LogP contribution in [0.25, 0.3) is 0 Å². The lowest BCUT2D eigenvalue weighted by atomic mass is 10.0. The molecule has 0 bridgehead atoms. The van der Waals surface area contributed by atoms with Crippen molar-refractivity contribution in [2.45, 2.75) is 46.1 Å². The van der Waals surface area contributed by atoms with Gasteiger partial charge in [-0.1, -0.05) is 44.5 Å². The molecule has 2 nitrogen and oxygen atoms in total. The van der Waals surface area contributed by atoms with Gasteiger partial charge in [-0.15, -0.1) is 0 Å². The molecule has 1 aromatic carbocycles. The summed E-state index contributed by atoms with van der Waals surface area (Å²) in [5.74, 6) is 0. The first-order valence-corrected chi connectivity index (χ1v) is 8.30. The van der Waals surface area contributed by atoms with E-state index in [1.165, 1.54) is 18.5 Å². The molecule has 20 heavy (non-hydrogen) atoms. The van der Waals surface area contributed by atoms with Crippen LogP contribution in [0.2, 0.25) is 5.02 Å². The Kier molecular flexibility index (Phi) is 8.92. The molecular formula is C17H29ClN2. The van der Waals surface area contributed by atoms with Crippen molar-refractivity contribution in [3.63, 3.8) is 0 Å². The first-order valence-electron chi connectivity index (χ1n) is 7.92. The Hall–Kier alpha value is -0.570. The highest BCUT2D eigenvalue weighted by Crippen LogP contribution is 2.20. The van der Waals surface area contributed by atoms with E-state index in [2.05, 4.69) is 43.1 Å². The third-order valence-electron chi connectivity index (χ3n) is 3.63. The summed E-state index contributed by atoms with van der Waals surface area (Å²) in [5.41, 5.74) is 1.34. The average Bonchev–Trinajstić information content (AvgIpc) is 2.47. The minimum atomic E-state index is 0.429. The van der Waals surface area contributed by atoms with Crippen molar-refractivity contribution in [2.24, 2.45) is 0 Å². The molecule has 1 rings (SSSR count). The summed E-state index contributed by atoms with van der Waals surface area (Å²) in [4.78, 5) is 2.52. The molecule has 0 aromatic heterocycles. The van der Waals surface area contributed by atoms with Gasteiger partial charge in [0.15, 0.2) is 0 Å². The van der Waals surface area contributed by atoms with Crippen LogP contribution in [0.3, 0.4) is 0 Å². The van der Waals surface area contributed by atoms with Crippen molar-refractivity contribution in [2.75, 3.05) is 26.2 Å². The van der Waals surface area contributed by atoms with Gasteiger partial charge in [0.2, 0.25) is 0 Å². The van der Waals surface area contributed by atoms with Gasteiger partial charge in [-0.05, 0) is 63.1 Å². The largest absolute Gasteiger partial charge is 0.310 e. The van der Waals surface area contributed by atoms with Crippen LogP contribution in [-0.2, 0) is 0 Å². The average molecular weight is 297 g/mol. The summed E-state index contributed by atoms with van der Waals surface area (Å²) in [6.45, 7) is 11.2. The van der Waals surface area contributed by atoms with Gasteiger partial charge in [-0.3, -0.25) is 0 Å². The van der Waals surface area contributed by atoms with Crippen molar-refractivity contribution in [3.05, 3.63) is 34.9 Å². The third kappa shape index (κ3) is 6.25.